The second-order valence-corrected chi connectivity index (χ2v) is 5.12. The summed E-state index contributed by atoms with van der Waals surface area (Å²) in [6.45, 7) is 2.64. The summed E-state index contributed by atoms with van der Waals surface area (Å²) in [6, 6.07) is 0.604. The van der Waals surface area contributed by atoms with Gasteiger partial charge in [-0.05, 0) is 17.9 Å². The van der Waals surface area contributed by atoms with Crippen molar-refractivity contribution in [1.82, 2.24) is 0 Å². The summed E-state index contributed by atoms with van der Waals surface area (Å²) in [5.74, 6) is -4.08. The molecule has 1 aromatic rings. The van der Waals surface area contributed by atoms with Gasteiger partial charge in [-0.15, -0.1) is 0 Å². The molecule has 1 unspecified atom stereocenters. The molecule has 1 rings (SSSR count). The molecule has 0 aliphatic rings. The Morgan fingerprint density at radius 2 is 1.52 bits per heavy atom. The second kappa shape index (κ2) is 6.84. The van der Waals surface area contributed by atoms with Crippen LogP contribution in [0.3, 0.4) is 0 Å². The number of nitro benzene ring substituents is 2. The average molecular weight is 373 g/mol. The maximum atomic E-state index is 13.0. The third kappa shape index (κ3) is 4.37. The highest BCUT2D eigenvalue weighted by Gasteiger charge is 2.61. The first-order valence-electron chi connectivity index (χ1n) is 6.70. The number of alkyl halides is 6. The molecular weight excluding hydrogens is 362 g/mol. The van der Waals surface area contributed by atoms with Crippen molar-refractivity contribution in [3.8, 4) is 0 Å². The minimum absolute atomic E-state index is 0.00825. The van der Waals surface area contributed by atoms with Crippen molar-refractivity contribution in [3.05, 3.63) is 49.4 Å². The fraction of sp³-hybridized carbons (Fsp3) is 0.462. The van der Waals surface area contributed by atoms with Crippen molar-refractivity contribution in [2.24, 2.45) is 0 Å². The molecule has 139 valence electrons. The van der Waals surface area contributed by atoms with Crippen molar-refractivity contribution in [3.63, 3.8) is 0 Å². The van der Waals surface area contributed by atoms with Crippen LogP contribution in [0.2, 0.25) is 0 Å². The first-order chi connectivity index (χ1) is 11.2. The SMILES string of the molecule is CCC(C)c1cc([N+](=O)[O-])cc([N+](=O)[O-])c1[C](C(F)(F)F)C(F)(F)F. The molecule has 0 N–H and O–H groups in total. The Labute approximate surface area is 136 Å². The highest BCUT2D eigenvalue weighted by Crippen LogP contribution is 2.51. The first-order valence-corrected chi connectivity index (χ1v) is 6.70. The molecule has 1 atom stereocenters. The number of non-ortho nitro benzene ring substituents is 1. The van der Waals surface area contributed by atoms with Gasteiger partial charge in [0.15, 0.2) is 0 Å². The van der Waals surface area contributed by atoms with Crippen molar-refractivity contribution in [2.75, 3.05) is 0 Å². The van der Waals surface area contributed by atoms with Crippen molar-refractivity contribution < 1.29 is 36.2 Å². The molecule has 0 spiro atoms. The molecule has 0 aliphatic heterocycles. The van der Waals surface area contributed by atoms with Crippen molar-refractivity contribution in [2.45, 2.75) is 38.5 Å². The molecule has 0 aliphatic carbocycles. The Kier molecular flexibility index (Phi) is 5.65. The van der Waals surface area contributed by atoms with E-state index in [1.807, 2.05) is 0 Å². The van der Waals surface area contributed by atoms with Crippen LogP contribution < -0.4 is 0 Å². The van der Waals surface area contributed by atoms with E-state index in [1.54, 1.807) is 0 Å². The van der Waals surface area contributed by atoms with Crippen LogP contribution in [0.15, 0.2) is 12.1 Å². The van der Waals surface area contributed by atoms with Crippen LogP contribution in [0.5, 0.6) is 0 Å². The summed E-state index contributed by atoms with van der Waals surface area (Å²) in [7, 11) is 0. The van der Waals surface area contributed by atoms with Gasteiger partial charge in [-0.1, -0.05) is 13.8 Å². The Morgan fingerprint density at radius 3 is 1.84 bits per heavy atom. The molecule has 1 radical (unpaired) electrons. The van der Waals surface area contributed by atoms with Crippen LogP contribution in [0.4, 0.5) is 37.7 Å². The molecule has 0 bridgehead atoms. The van der Waals surface area contributed by atoms with Crippen LogP contribution in [0.1, 0.15) is 37.3 Å². The summed E-state index contributed by atoms with van der Waals surface area (Å²) in [5.41, 5.74) is -5.03. The van der Waals surface area contributed by atoms with Gasteiger partial charge in [0.05, 0.1) is 21.5 Å². The first kappa shape index (κ1) is 20.6. The lowest BCUT2D eigenvalue weighted by atomic mass is 9.84. The third-order valence-electron chi connectivity index (χ3n) is 3.50. The number of nitro groups is 2. The Morgan fingerprint density at radius 1 is 1.04 bits per heavy atom. The molecule has 0 amide bonds. The second-order valence-electron chi connectivity index (χ2n) is 5.12. The smallest absolute Gasteiger partial charge is 0.258 e. The van der Waals surface area contributed by atoms with E-state index in [2.05, 4.69) is 0 Å². The molecule has 25 heavy (non-hydrogen) atoms. The van der Waals surface area contributed by atoms with Crippen molar-refractivity contribution >= 4 is 11.4 Å². The summed E-state index contributed by atoms with van der Waals surface area (Å²) < 4.78 is 78.2. The Bertz CT molecular complexity index is 672. The number of halogens is 6. The van der Waals surface area contributed by atoms with Gasteiger partial charge >= 0.3 is 12.4 Å². The van der Waals surface area contributed by atoms with E-state index < -0.39 is 56.5 Å². The Balaban J connectivity index is 3.99. The van der Waals surface area contributed by atoms with E-state index >= 15 is 0 Å². The van der Waals surface area contributed by atoms with E-state index in [4.69, 9.17) is 0 Å². The summed E-state index contributed by atoms with van der Waals surface area (Å²) >= 11 is 0. The fourth-order valence-corrected chi connectivity index (χ4v) is 2.21. The molecule has 12 heteroatoms. The van der Waals surface area contributed by atoms with E-state index in [-0.39, 0.29) is 12.5 Å². The lowest BCUT2D eigenvalue weighted by molar-refractivity contribution is -0.395. The maximum absolute atomic E-state index is 13.0. The van der Waals surface area contributed by atoms with Crippen LogP contribution in [-0.4, -0.2) is 22.2 Å². The number of hydrogen-bond acceptors (Lipinski definition) is 4. The van der Waals surface area contributed by atoms with Gasteiger partial charge in [0, 0.05) is 6.07 Å². The zero-order chi connectivity index (χ0) is 19.7. The fourth-order valence-electron chi connectivity index (χ4n) is 2.21. The molecule has 0 saturated heterocycles. The highest BCUT2D eigenvalue weighted by molar-refractivity contribution is 5.62. The predicted molar refractivity (Wildman–Crippen MR) is 72.9 cm³/mol. The molecular formula is C13H11F6N2O4. The average Bonchev–Trinajstić information content (AvgIpc) is 2.42. The van der Waals surface area contributed by atoms with Crippen LogP contribution in [0, 0.1) is 26.1 Å². The van der Waals surface area contributed by atoms with E-state index in [0.29, 0.717) is 6.07 Å². The molecule has 0 fully saturated rings. The van der Waals surface area contributed by atoms with Gasteiger partial charge in [-0.25, -0.2) is 0 Å². The summed E-state index contributed by atoms with van der Waals surface area (Å²) in [4.78, 5) is 19.3. The minimum atomic E-state index is -5.94. The Hall–Kier alpha value is -2.40. The van der Waals surface area contributed by atoms with E-state index in [1.165, 1.54) is 13.8 Å². The van der Waals surface area contributed by atoms with Gasteiger partial charge < -0.3 is 0 Å². The van der Waals surface area contributed by atoms with Crippen molar-refractivity contribution in [1.29, 1.82) is 0 Å². The lowest BCUT2D eigenvalue weighted by Gasteiger charge is -2.25. The molecule has 0 aromatic heterocycles. The monoisotopic (exact) mass is 373 g/mol. The predicted octanol–water partition coefficient (Wildman–Crippen LogP) is 5.06. The highest BCUT2D eigenvalue weighted by atomic mass is 19.4. The molecule has 0 heterocycles. The summed E-state index contributed by atoms with van der Waals surface area (Å²) in [5, 5.41) is 21.9. The largest absolute Gasteiger partial charge is 0.409 e. The van der Waals surface area contributed by atoms with E-state index in [0.717, 1.165) is 0 Å². The number of hydrogen-bond donors (Lipinski definition) is 0. The molecule has 0 saturated carbocycles. The van der Waals surface area contributed by atoms with Gasteiger partial charge in [0.1, 0.15) is 0 Å². The summed E-state index contributed by atoms with van der Waals surface area (Å²) in [6.07, 6.45) is -11.9. The zero-order valence-electron chi connectivity index (χ0n) is 12.7. The maximum Gasteiger partial charge on any atom is 0.409 e. The molecule has 1 aromatic carbocycles. The van der Waals surface area contributed by atoms with Crippen LogP contribution >= 0.6 is 0 Å². The van der Waals surface area contributed by atoms with Gasteiger partial charge in [0.2, 0.25) is 5.92 Å². The van der Waals surface area contributed by atoms with Crippen LogP contribution in [-0.2, 0) is 0 Å². The normalized spacial score (nSPS) is 13.8. The lowest BCUT2D eigenvalue weighted by Crippen LogP contribution is -2.36. The third-order valence-corrected chi connectivity index (χ3v) is 3.50. The number of nitrogens with zero attached hydrogens (tertiary/aromatic N) is 2. The quantitative estimate of drug-likeness (QED) is 0.410. The minimum Gasteiger partial charge on any atom is -0.258 e. The van der Waals surface area contributed by atoms with Crippen LogP contribution in [0.25, 0.3) is 0 Å². The van der Waals surface area contributed by atoms with Gasteiger partial charge in [-0.2, -0.15) is 26.3 Å². The standard InChI is InChI=1S/C13H11F6N2O4/c1-3-6(2)8-4-7(20(22)23)5-9(21(24)25)10(8)11(12(14,15)16)13(17,18)19/h4-6H,3H2,1-2H3. The number of benzene rings is 1. The molecule has 6 nitrogen and oxygen atoms in total. The topological polar surface area (TPSA) is 86.3 Å². The zero-order valence-corrected chi connectivity index (χ0v) is 12.7. The number of rotatable bonds is 5. The van der Waals surface area contributed by atoms with Gasteiger partial charge in [0.25, 0.3) is 11.4 Å². The van der Waals surface area contributed by atoms with Gasteiger partial charge in [-0.3, -0.25) is 20.2 Å². The van der Waals surface area contributed by atoms with E-state index in [9.17, 15) is 46.6 Å².